The highest BCUT2D eigenvalue weighted by Gasteiger charge is 2.24. The molecule has 0 unspecified atom stereocenters. The summed E-state index contributed by atoms with van der Waals surface area (Å²) in [4.78, 5) is 13.4. The lowest BCUT2D eigenvalue weighted by Gasteiger charge is -2.33. The lowest BCUT2D eigenvalue weighted by Crippen LogP contribution is -2.22. The second kappa shape index (κ2) is 9.79. The van der Waals surface area contributed by atoms with Crippen molar-refractivity contribution in [2.75, 3.05) is 11.4 Å². The molecule has 0 spiro atoms. The van der Waals surface area contributed by atoms with Crippen molar-refractivity contribution in [3.63, 3.8) is 0 Å². The minimum Gasteiger partial charge on any atom is -0.477 e. The molecular formula is C24H26N2O3. The Kier molecular flexibility index (Phi) is 6.91. The zero-order chi connectivity index (χ0) is 20.6. The summed E-state index contributed by atoms with van der Waals surface area (Å²) in [6.07, 6.45) is 8.73. The molecular weight excluding hydrogens is 364 g/mol. The van der Waals surface area contributed by atoms with Crippen LogP contribution in [0, 0.1) is 11.3 Å². The maximum absolute atomic E-state index is 11.1. The molecule has 1 heterocycles. The number of benzene rings is 2. The van der Waals surface area contributed by atoms with Gasteiger partial charge in [0, 0.05) is 6.54 Å². The lowest BCUT2D eigenvalue weighted by atomic mass is 10.1. The van der Waals surface area contributed by atoms with Gasteiger partial charge in [-0.05, 0) is 42.3 Å². The van der Waals surface area contributed by atoms with Gasteiger partial charge in [-0.1, -0.05) is 57.2 Å². The van der Waals surface area contributed by atoms with E-state index < -0.39 is 5.97 Å². The van der Waals surface area contributed by atoms with E-state index in [0.717, 1.165) is 30.1 Å². The zero-order valence-corrected chi connectivity index (χ0v) is 16.7. The summed E-state index contributed by atoms with van der Waals surface area (Å²) >= 11 is 0. The third-order valence-corrected chi connectivity index (χ3v) is 5.05. The summed E-state index contributed by atoms with van der Waals surface area (Å²) < 4.78 is 6.08. The van der Waals surface area contributed by atoms with Crippen LogP contribution in [0.3, 0.4) is 0 Å². The fourth-order valence-electron chi connectivity index (χ4n) is 3.54. The Balaban J connectivity index is 1.83. The van der Waals surface area contributed by atoms with Gasteiger partial charge in [0.25, 0.3) is 0 Å². The summed E-state index contributed by atoms with van der Waals surface area (Å²) in [5.41, 5.74) is 2.33. The molecule has 5 nitrogen and oxygen atoms in total. The number of nitriles is 1. The van der Waals surface area contributed by atoms with Crippen LogP contribution in [0.25, 0.3) is 6.08 Å². The largest absolute Gasteiger partial charge is 0.477 e. The second-order valence-electron chi connectivity index (χ2n) is 7.19. The SMILES string of the molecule is CCCCCCCCN1c2ccccc2Oc2cc(/C=C(/C#N)C(=O)O)ccc21. The first-order valence-corrected chi connectivity index (χ1v) is 10.2. The Morgan fingerprint density at radius 3 is 2.55 bits per heavy atom. The second-order valence-corrected chi connectivity index (χ2v) is 7.19. The number of unbranched alkanes of at least 4 members (excludes halogenated alkanes) is 5. The minimum atomic E-state index is -1.24. The molecule has 0 amide bonds. The molecule has 150 valence electrons. The summed E-state index contributed by atoms with van der Waals surface area (Å²) in [5, 5.41) is 18.1. The Hall–Kier alpha value is -3.26. The van der Waals surface area contributed by atoms with Gasteiger partial charge in [0.15, 0.2) is 11.5 Å². The lowest BCUT2D eigenvalue weighted by molar-refractivity contribution is -0.132. The van der Waals surface area contributed by atoms with E-state index in [1.54, 1.807) is 12.1 Å². The van der Waals surface area contributed by atoms with Crippen molar-refractivity contribution in [3.05, 3.63) is 53.6 Å². The van der Waals surface area contributed by atoms with Gasteiger partial charge in [-0.2, -0.15) is 5.26 Å². The maximum atomic E-state index is 11.1. The zero-order valence-electron chi connectivity index (χ0n) is 16.7. The highest BCUT2D eigenvalue weighted by molar-refractivity contribution is 5.96. The Morgan fingerprint density at radius 2 is 1.79 bits per heavy atom. The molecule has 0 bridgehead atoms. The fraction of sp³-hybridized carbons (Fsp3) is 0.333. The van der Waals surface area contributed by atoms with Gasteiger partial charge in [0.05, 0.1) is 11.4 Å². The van der Waals surface area contributed by atoms with Gasteiger partial charge in [0.2, 0.25) is 0 Å². The van der Waals surface area contributed by atoms with Crippen molar-refractivity contribution < 1.29 is 14.6 Å². The molecule has 1 aliphatic rings. The van der Waals surface area contributed by atoms with Crippen molar-refractivity contribution >= 4 is 23.4 Å². The normalized spacial score (nSPS) is 12.6. The maximum Gasteiger partial charge on any atom is 0.346 e. The molecule has 0 fully saturated rings. The fourth-order valence-corrected chi connectivity index (χ4v) is 3.54. The van der Waals surface area contributed by atoms with Gasteiger partial charge < -0.3 is 14.7 Å². The first-order chi connectivity index (χ1) is 14.1. The van der Waals surface area contributed by atoms with E-state index in [0.29, 0.717) is 11.3 Å². The van der Waals surface area contributed by atoms with Crippen LogP contribution < -0.4 is 9.64 Å². The molecule has 0 saturated carbocycles. The van der Waals surface area contributed by atoms with Gasteiger partial charge in [-0.25, -0.2) is 4.79 Å². The van der Waals surface area contributed by atoms with E-state index in [2.05, 4.69) is 17.9 Å². The van der Waals surface area contributed by atoms with E-state index in [1.807, 2.05) is 30.3 Å². The predicted octanol–water partition coefficient (Wildman–Crippen LogP) is 6.28. The number of carbonyl (C=O) groups is 1. The molecule has 0 saturated heterocycles. The molecule has 0 aromatic heterocycles. The Labute approximate surface area is 171 Å². The topological polar surface area (TPSA) is 73.6 Å². The Bertz CT molecular complexity index is 943. The third-order valence-electron chi connectivity index (χ3n) is 5.05. The van der Waals surface area contributed by atoms with E-state index in [-0.39, 0.29) is 5.57 Å². The summed E-state index contributed by atoms with van der Waals surface area (Å²) in [6.45, 7) is 3.12. The monoisotopic (exact) mass is 390 g/mol. The van der Waals surface area contributed by atoms with Crippen LogP contribution in [-0.4, -0.2) is 17.6 Å². The molecule has 2 aromatic carbocycles. The minimum absolute atomic E-state index is 0.301. The van der Waals surface area contributed by atoms with Crippen LogP contribution in [0.1, 0.15) is 51.0 Å². The van der Waals surface area contributed by atoms with Crippen LogP contribution in [0.15, 0.2) is 48.0 Å². The van der Waals surface area contributed by atoms with Crippen molar-refractivity contribution in [3.8, 4) is 17.6 Å². The van der Waals surface area contributed by atoms with E-state index in [9.17, 15) is 4.79 Å². The van der Waals surface area contributed by atoms with Crippen LogP contribution in [0.5, 0.6) is 11.5 Å². The number of hydrogen-bond acceptors (Lipinski definition) is 4. The number of hydrogen-bond donors (Lipinski definition) is 1. The smallest absolute Gasteiger partial charge is 0.346 e. The summed E-state index contributed by atoms with van der Waals surface area (Å²) in [5.74, 6) is 0.221. The van der Waals surface area contributed by atoms with Crippen molar-refractivity contribution in [1.82, 2.24) is 0 Å². The van der Waals surface area contributed by atoms with E-state index >= 15 is 0 Å². The highest BCUT2D eigenvalue weighted by atomic mass is 16.5. The number of anilines is 2. The molecule has 3 rings (SSSR count). The molecule has 0 atom stereocenters. The summed E-state index contributed by atoms with van der Waals surface area (Å²) in [6, 6.07) is 15.2. The first-order valence-electron chi connectivity index (χ1n) is 10.2. The average Bonchev–Trinajstić information content (AvgIpc) is 2.73. The number of carboxylic acid groups (broad SMARTS) is 1. The quantitative estimate of drug-likeness (QED) is 0.310. The number of fused-ring (bicyclic) bond motifs is 2. The highest BCUT2D eigenvalue weighted by Crippen LogP contribution is 2.47. The van der Waals surface area contributed by atoms with Crippen LogP contribution >= 0.6 is 0 Å². The molecule has 29 heavy (non-hydrogen) atoms. The molecule has 1 N–H and O–H groups in total. The molecule has 0 aliphatic carbocycles. The average molecular weight is 390 g/mol. The van der Waals surface area contributed by atoms with Gasteiger partial charge in [0.1, 0.15) is 11.6 Å². The number of carboxylic acids is 1. The molecule has 5 heteroatoms. The molecule has 0 radical (unpaired) electrons. The van der Waals surface area contributed by atoms with Gasteiger partial charge in [-0.15, -0.1) is 0 Å². The number of nitrogens with zero attached hydrogens (tertiary/aromatic N) is 2. The van der Waals surface area contributed by atoms with Crippen LogP contribution in [0.2, 0.25) is 0 Å². The number of aliphatic carboxylic acids is 1. The molecule has 1 aliphatic heterocycles. The van der Waals surface area contributed by atoms with Gasteiger partial charge in [-0.3, -0.25) is 0 Å². The molecule has 2 aromatic rings. The number of para-hydroxylation sites is 2. The standard InChI is InChI=1S/C24H26N2O3/c1-2-3-4-5-6-9-14-26-20-10-7-8-11-22(20)29-23-16-18(12-13-21(23)26)15-19(17-25)24(27)28/h7-8,10-13,15-16H,2-6,9,14H2,1H3,(H,27,28)/b19-15-. The number of ether oxygens (including phenoxy) is 1. The Morgan fingerprint density at radius 1 is 1.07 bits per heavy atom. The van der Waals surface area contributed by atoms with Crippen molar-refractivity contribution in [2.24, 2.45) is 0 Å². The first kappa shape index (κ1) is 20.5. The van der Waals surface area contributed by atoms with Crippen molar-refractivity contribution in [1.29, 1.82) is 5.26 Å². The third kappa shape index (κ3) is 4.97. The number of rotatable bonds is 9. The van der Waals surface area contributed by atoms with Crippen LogP contribution in [-0.2, 0) is 4.79 Å². The summed E-state index contributed by atoms with van der Waals surface area (Å²) in [7, 11) is 0. The van der Waals surface area contributed by atoms with Crippen LogP contribution in [0.4, 0.5) is 11.4 Å². The van der Waals surface area contributed by atoms with E-state index in [4.69, 9.17) is 15.1 Å². The predicted molar refractivity (Wildman–Crippen MR) is 115 cm³/mol. The van der Waals surface area contributed by atoms with E-state index in [1.165, 1.54) is 38.2 Å². The van der Waals surface area contributed by atoms with Crippen molar-refractivity contribution in [2.45, 2.75) is 45.4 Å². The van der Waals surface area contributed by atoms with Gasteiger partial charge >= 0.3 is 5.97 Å².